The van der Waals surface area contributed by atoms with Crippen LogP contribution in [0.5, 0.6) is 0 Å². The molecule has 0 radical (unpaired) electrons. The summed E-state index contributed by atoms with van der Waals surface area (Å²) in [5.41, 5.74) is 0. The molecule has 0 aromatic rings. The third-order valence-electron chi connectivity index (χ3n) is 2.43. The van der Waals surface area contributed by atoms with Crippen LogP contribution in [0.25, 0.3) is 0 Å². The van der Waals surface area contributed by atoms with Gasteiger partial charge in [-0.05, 0) is 14.1 Å². The Labute approximate surface area is 98.5 Å². The summed E-state index contributed by atoms with van der Waals surface area (Å²) in [5.74, 6) is 0.128. The van der Waals surface area contributed by atoms with Crippen LogP contribution in [0.3, 0.4) is 0 Å². The van der Waals surface area contributed by atoms with E-state index in [0.29, 0.717) is 13.1 Å². The van der Waals surface area contributed by atoms with Crippen LogP contribution in [-0.2, 0) is 9.53 Å². The monoisotopic (exact) mass is 231 g/mol. The Balaban J connectivity index is 3.53. The first-order valence-corrected chi connectivity index (χ1v) is 5.71. The van der Waals surface area contributed by atoms with E-state index in [9.17, 15) is 4.79 Å². The highest BCUT2D eigenvalue weighted by atomic mass is 16.5. The number of hydrogen-bond donors (Lipinski definition) is 2. The highest BCUT2D eigenvalue weighted by molar-refractivity contribution is 5.78. The van der Waals surface area contributed by atoms with Crippen molar-refractivity contribution in [2.75, 3.05) is 54.0 Å². The van der Waals surface area contributed by atoms with E-state index in [0.717, 1.165) is 19.7 Å². The molecule has 0 bridgehead atoms. The molecule has 0 aromatic carbocycles. The first-order valence-electron chi connectivity index (χ1n) is 5.71. The highest BCUT2D eigenvalue weighted by Gasteiger charge is 2.10. The van der Waals surface area contributed by atoms with E-state index in [1.165, 1.54) is 0 Å². The summed E-state index contributed by atoms with van der Waals surface area (Å²) in [6.07, 6.45) is 0. The van der Waals surface area contributed by atoms with Crippen molar-refractivity contribution in [2.24, 2.45) is 5.92 Å². The van der Waals surface area contributed by atoms with E-state index < -0.39 is 0 Å². The topological polar surface area (TPSA) is 53.6 Å². The van der Waals surface area contributed by atoms with Gasteiger partial charge in [0.15, 0.2) is 0 Å². The number of rotatable bonds is 9. The maximum Gasteiger partial charge on any atom is 0.224 e. The zero-order valence-electron chi connectivity index (χ0n) is 10.9. The first-order chi connectivity index (χ1) is 7.61. The number of ether oxygens (including phenoxy) is 1. The molecule has 96 valence electrons. The summed E-state index contributed by atoms with van der Waals surface area (Å²) in [4.78, 5) is 13.7. The number of nitrogens with one attached hydrogen (secondary N) is 2. The largest absolute Gasteiger partial charge is 0.383 e. The van der Waals surface area contributed by atoms with E-state index in [-0.39, 0.29) is 11.8 Å². The van der Waals surface area contributed by atoms with Gasteiger partial charge in [-0.15, -0.1) is 0 Å². The zero-order chi connectivity index (χ0) is 12.4. The average molecular weight is 231 g/mol. The minimum Gasteiger partial charge on any atom is -0.383 e. The number of hydrogen-bond acceptors (Lipinski definition) is 4. The van der Waals surface area contributed by atoms with Crippen LogP contribution < -0.4 is 10.6 Å². The standard InChI is InChI=1S/C11H25N3O2/c1-10(9-12-2)11(15)13-5-6-14(3)7-8-16-4/h10,12H,5-9H2,1-4H3,(H,13,15). The Bertz CT molecular complexity index is 188. The fourth-order valence-electron chi connectivity index (χ4n) is 1.30. The Hall–Kier alpha value is -0.650. The lowest BCUT2D eigenvalue weighted by Crippen LogP contribution is -2.39. The van der Waals surface area contributed by atoms with Gasteiger partial charge in [0.25, 0.3) is 0 Å². The average Bonchev–Trinajstić information content (AvgIpc) is 2.26. The summed E-state index contributed by atoms with van der Waals surface area (Å²) in [5, 5.41) is 5.90. The van der Waals surface area contributed by atoms with E-state index in [1.807, 2.05) is 21.0 Å². The van der Waals surface area contributed by atoms with Crippen LogP contribution in [0.15, 0.2) is 0 Å². The molecule has 0 aromatic heterocycles. The fraction of sp³-hybridized carbons (Fsp3) is 0.909. The molecule has 0 aliphatic heterocycles. The number of nitrogens with zero attached hydrogens (tertiary/aromatic N) is 1. The van der Waals surface area contributed by atoms with Crippen molar-refractivity contribution in [3.8, 4) is 0 Å². The molecular formula is C11H25N3O2. The third-order valence-corrected chi connectivity index (χ3v) is 2.43. The fourth-order valence-corrected chi connectivity index (χ4v) is 1.30. The van der Waals surface area contributed by atoms with Gasteiger partial charge < -0.3 is 20.3 Å². The van der Waals surface area contributed by atoms with E-state index in [4.69, 9.17) is 4.74 Å². The van der Waals surface area contributed by atoms with Crippen molar-refractivity contribution in [1.29, 1.82) is 0 Å². The quantitative estimate of drug-likeness (QED) is 0.564. The van der Waals surface area contributed by atoms with Crippen LogP contribution in [-0.4, -0.2) is 64.8 Å². The molecule has 0 fully saturated rings. The summed E-state index contributed by atoms with van der Waals surface area (Å²) >= 11 is 0. The molecule has 5 nitrogen and oxygen atoms in total. The van der Waals surface area contributed by atoms with Crippen molar-refractivity contribution in [1.82, 2.24) is 15.5 Å². The smallest absolute Gasteiger partial charge is 0.224 e. The van der Waals surface area contributed by atoms with E-state index in [1.54, 1.807) is 7.11 Å². The lowest BCUT2D eigenvalue weighted by atomic mass is 10.1. The van der Waals surface area contributed by atoms with Gasteiger partial charge in [-0.2, -0.15) is 0 Å². The number of carbonyl (C=O) groups excluding carboxylic acids is 1. The van der Waals surface area contributed by atoms with Gasteiger partial charge in [-0.3, -0.25) is 4.79 Å². The molecule has 16 heavy (non-hydrogen) atoms. The van der Waals surface area contributed by atoms with Gasteiger partial charge in [-0.25, -0.2) is 0 Å². The molecule has 0 aliphatic carbocycles. The van der Waals surface area contributed by atoms with Gasteiger partial charge in [-0.1, -0.05) is 6.92 Å². The van der Waals surface area contributed by atoms with Crippen molar-refractivity contribution < 1.29 is 9.53 Å². The number of methoxy groups -OCH3 is 1. The number of likely N-dealkylation sites (N-methyl/N-ethyl adjacent to an activating group) is 1. The van der Waals surface area contributed by atoms with Crippen LogP contribution in [0.1, 0.15) is 6.92 Å². The molecule has 0 spiro atoms. The minimum atomic E-state index is 0.0225. The Morgan fingerprint density at radius 1 is 1.44 bits per heavy atom. The maximum absolute atomic E-state index is 11.5. The molecule has 5 heteroatoms. The predicted molar refractivity (Wildman–Crippen MR) is 65.5 cm³/mol. The second-order valence-corrected chi connectivity index (χ2v) is 4.05. The molecule has 1 amide bonds. The lowest BCUT2D eigenvalue weighted by molar-refractivity contribution is -0.124. The van der Waals surface area contributed by atoms with Crippen LogP contribution >= 0.6 is 0 Å². The molecular weight excluding hydrogens is 206 g/mol. The molecule has 0 aliphatic rings. The number of amides is 1. The summed E-state index contributed by atoms with van der Waals surface area (Å²) in [6.45, 7) is 5.78. The molecule has 0 saturated carbocycles. The maximum atomic E-state index is 11.5. The predicted octanol–water partition coefficient (Wildman–Crippen LogP) is -0.464. The van der Waals surface area contributed by atoms with Gasteiger partial charge in [0, 0.05) is 39.2 Å². The van der Waals surface area contributed by atoms with Gasteiger partial charge >= 0.3 is 0 Å². The van der Waals surface area contributed by atoms with Gasteiger partial charge in [0.05, 0.1) is 6.61 Å². The van der Waals surface area contributed by atoms with E-state index >= 15 is 0 Å². The highest BCUT2D eigenvalue weighted by Crippen LogP contribution is 1.91. The lowest BCUT2D eigenvalue weighted by Gasteiger charge is -2.17. The van der Waals surface area contributed by atoms with Crippen LogP contribution in [0.4, 0.5) is 0 Å². The molecule has 2 N–H and O–H groups in total. The number of carbonyl (C=O) groups is 1. The van der Waals surface area contributed by atoms with Crippen LogP contribution in [0.2, 0.25) is 0 Å². The second kappa shape index (κ2) is 9.57. The van der Waals surface area contributed by atoms with E-state index in [2.05, 4.69) is 15.5 Å². The summed E-state index contributed by atoms with van der Waals surface area (Å²) < 4.78 is 4.97. The Morgan fingerprint density at radius 3 is 2.69 bits per heavy atom. The normalized spacial score (nSPS) is 12.8. The SMILES string of the molecule is CNCC(C)C(=O)NCCN(C)CCOC. The summed E-state index contributed by atoms with van der Waals surface area (Å²) in [7, 11) is 5.56. The van der Waals surface area contributed by atoms with Gasteiger partial charge in [0.1, 0.15) is 0 Å². The molecule has 0 heterocycles. The zero-order valence-corrected chi connectivity index (χ0v) is 10.9. The van der Waals surface area contributed by atoms with Gasteiger partial charge in [0.2, 0.25) is 5.91 Å². The minimum absolute atomic E-state index is 0.0225. The van der Waals surface area contributed by atoms with Crippen molar-refractivity contribution in [3.63, 3.8) is 0 Å². The molecule has 1 atom stereocenters. The first kappa shape index (κ1) is 15.3. The summed E-state index contributed by atoms with van der Waals surface area (Å²) in [6, 6.07) is 0. The van der Waals surface area contributed by atoms with Crippen molar-refractivity contribution in [3.05, 3.63) is 0 Å². The molecule has 0 saturated heterocycles. The van der Waals surface area contributed by atoms with Crippen molar-refractivity contribution in [2.45, 2.75) is 6.92 Å². The Morgan fingerprint density at radius 2 is 2.12 bits per heavy atom. The second-order valence-electron chi connectivity index (χ2n) is 4.05. The van der Waals surface area contributed by atoms with Crippen LogP contribution in [0, 0.1) is 5.92 Å². The Kier molecular flexibility index (Phi) is 9.18. The van der Waals surface area contributed by atoms with Crippen molar-refractivity contribution >= 4 is 5.91 Å². The third kappa shape index (κ3) is 7.62. The molecule has 0 rings (SSSR count). The molecule has 1 unspecified atom stereocenters.